The molecule has 1 N–H and O–H groups in total. The molecule has 0 spiro atoms. The first kappa shape index (κ1) is 31.4. The van der Waals surface area contributed by atoms with Crippen LogP contribution in [-0.4, -0.2) is 50.4 Å². The first-order valence-electron chi connectivity index (χ1n) is 14.3. The van der Waals surface area contributed by atoms with E-state index in [-0.39, 0.29) is 23.4 Å². The molecule has 0 radical (unpaired) electrons. The van der Waals surface area contributed by atoms with Crippen LogP contribution in [-0.2, 0) is 26.2 Å². The summed E-state index contributed by atoms with van der Waals surface area (Å²) in [6.45, 7) is 3.60. The molecular formula is C32H38ClN3O5S. The number of ether oxygens (including phenoxy) is 1. The Morgan fingerprint density at radius 1 is 0.952 bits per heavy atom. The lowest BCUT2D eigenvalue weighted by atomic mass is 9.95. The molecule has 3 aromatic rings. The normalized spacial score (nSPS) is 14.5. The fourth-order valence-electron chi connectivity index (χ4n) is 5.06. The van der Waals surface area contributed by atoms with E-state index >= 15 is 0 Å². The number of sulfonamides is 1. The number of nitrogens with one attached hydrogen (secondary N) is 1. The first-order valence-corrected chi connectivity index (χ1v) is 16.2. The molecular weight excluding hydrogens is 574 g/mol. The fraction of sp³-hybridized carbons (Fsp3) is 0.375. The largest absolute Gasteiger partial charge is 0.494 e. The molecule has 10 heteroatoms. The van der Waals surface area contributed by atoms with Crippen molar-refractivity contribution in [3.63, 3.8) is 0 Å². The fourth-order valence-corrected chi connectivity index (χ4v) is 6.60. The van der Waals surface area contributed by atoms with Gasteiger partial charge < -0.3 is 15.0 Å². The number of carbonyl (C=O) groups is 2. The van der Waals surface area contributed by atoms with Gasteiger partial charge in [-0.3, -0.25) is 13.9 Å². The van der Waals surface area contributed by atoms with Gasteiger partial charge >= 0.3 is 0 Å². The van der Waals surface area contributed by atoms with Gasteiger partial charge in [-0.2, -0.15) is 0 Å². The van der Waals surface area contributed by atoms with E-state index in [9.17, 15) is 18.0 Å². The Labute approximate surface area is 253 Å². The minimum absolute atomic E-state index is 0.0231. The van der Waals surface area contributed by atoms with Gasteiger partial charge in [-0.1, -0.05) is 61.2 Å². The van der Waals surface area contributed by atoms with Crippen LogP contribution in [0.1, 0.15) is 51.5 Å². The standard InChI is InChI=1S/C32H38ClN3O5S/c1-3-41-29-18-20-30(21-19-29)42(39,40)36(28-12-8-5-9-13-28)23-31(37)35(22-25-14-16-26(33)17-15-25)24(2)32(38)34-27-10-6-4-7-11-27/h5,8-9,12-21,24,27H,3-4,6-7,10-11,22-23H2,1-2H3,(H,34,38). The highest BCUT2D eigenvalue weighted by Crippen LogP contribution is 2.26. The van der Waals surface area contributed by atoms with Gasteiger partial charge in [0.15, 0.2) is 0 Å². The smallest absolute Gasteiger partial charge is 0.264 e. The molecule has 0 bridgehead atoms. The van der Waals surface area contributed by atoms with Crippen molar-refractivity contribution < 1.29 is 22.7 Å². The van der Waals surface area contributed by atoms with Crippen molar-refractivity contribution >= 4 is 39.1 Å². The molecule has 0 saturated heterocycles. The summed E-state index contributed by atoms with van der Waals surface area (Å²) in [5.41, 5.74) is 1.11. The second-order valence-electron chi connectivity index (χ2n) is 10.4. The van der Waals surface area contributed by atoms with Crippen LogP contribution in [0, 0.1) is 0 Å². The molecule has 2 amide bonds. The van der Waals surface area contributed by atoms with Crippen LogP contribution in [0.4, 0.5) is 5.69 Å². The van der Waals surface area contributed by atoms with Crippen molar-refractivity contribution in [1.82, 2.24) is 10.2 Å². The van der Waals surface area contributed by atoms with Crippen molar-refractivity contribution in [2.45, 2.75) is 69.5 Å². The summed E-state index contributed by atoms with van der Waals surface area (Å²) < 4.78 is 34.4. The van der Waals surface area contributed by atoms with Gasteiger partial charge in [-0.15, -0.1) is 0 Å². The summed E-state index contributed by atoms with van der Waals surface area (Å²) in [4.78, 5) is 28.9. The van der Waals surface area contributed by atoms with Crippen LogP contribution >= 0.6 is 11.6 Å². The van der Waals surface area contributed by atoms with Crippen molar-refractivity contribution in [3.05, 3.63) is 89.4 Å². The molecule has 1 fully saturated rings. The minimum atomic E-state index is -4.15. The number of benzene rings is 3. The molecule has 1 atom stereocenters. The minimum Gasteiger partial charge on any atom is -0.494 e. The number of hydrogen-bond donors (Lipinski definition) is 1. The summed E-state index contributed by atoms with van der Waals surface area (Å²) in [6, 6.07) is 20.9. The third kappa shape index (κ3) is 8.04. The van der Waals surface area contributed by atoms with Crippen LogP contribution in [0.2, 0.25) is 5.02 Å². The second kappa shape index (κ2) is 14.6. The van der Waals surface area contributed by atoms with E-state index in [1.165, 1.54) is 17.0 Å². The van der Waals surface area contributed by atoms with Crippen LogP contribution in [0.5, 0.6) is 5.75 Å². The highest BCUT2D eigenvalue weighted by atomic mass is 35.5. The molecule has 42 heavy (non-hydrogen) atoms. The van der Waals surface area contributed by atoms with Crippen molar-refractivity contribution in [3.8, 4) is 5.75 Å². The Hall–Kier alpha value is -3.56. The predicted octanol–water partition coefficient (Wildman–Crippen LogP) is 5.80. The monoisotopic (exact) mass is 611 g/mol. The molecule has 0 aliphatic heterocycles. The summed E-state index contributed by atoms with van der Waals surface area (Å²) in [5, 5.41) is 3.66. The van der Waals surface area contributed by atoms with Gasteiger partial charge in [0.2, 0.25) is 11.8 Å². The zero-order valence-corrected chi connectivity index (χ0v) is 25.6. The molecule has 0 aromatic heterocycles. The highest BCUT2D eigenvalue weighted by Gasteiger charge is 2.33. The van der Waals surface area contributed by atoms with Crippen LogP contribution < -0.4 is 14.4 Å². The molecule has 3 aromatic carbocycles. The Balaban J connectivity index is 1.64. The van der Waals surface area contributed by atoms with E-state index in [0.29, 0.717) is 23.1 Å². The number of hydrogen-bond acceptors (Lipinski definition) is 5. The van der Waals surface area contributed by atoms with E-state index in [1.807, 2.05) is 6.92 Å². The van der Waals surface area contributed by atoms with Gasteiger partial charge in [0.05, 0.1) is 17.2 Å². The van der Waals surface area contributed by atoms with E-state index in [4.69, 9.17) is 16.3 Å². The maximum Gasteiger partial charge on any atom is 0.264 e. The van der Waals surface area contributed by atoms with E-state index < -0.39 is 28.5 Å². The van der Waals surface area contributed by atoms with Gasteiger partial charge in [0.25, 0.3) is 10.0 Å². The maximum atomic E-state index is 14.0. The lowest BCUT2D eigenvalue weighted by molar-refractivity contribution is -0.139. The number of amides is 2. The van der Waals surface area contributed by atoms with E-state index in [1.54, 1.807) is 73.7 Å². The molecule has 1 unspecified atom stereocenters. The topological polar surface area (TPSA) is 96.0 Å². The summed E-state index contributed by atoms with van der Waals surface area (Å²) in [5.74, 6) is -0.217. The zero-order valence-electron chi connectivity index (χ0n) is 24.0. The zero-order chi connectivity index (χ0) is 30.1. The second-order valence-corrected chi connectivity index (χ2v) is 12.7. The predicted molar refractivity (Wildman–Crippen MR) is 165 cm³/mol. The number of anilines is 1. The van der Waals surface area contributed by atoms with Gasteiger partial charge in [0, 0.05) is 17.6 Å². The average Bonchev–Trinajstić information content (AvgIpc) is 3.00. The average molecular weight is 612 g/mol. The summed E-state index contributed by atoms with van der Waals surface area (Å²) >= 11 is 6.08. The van der Waals surface area contributed by atoms with E-state index in [0.717, 1.165) is 42.0 Å². The number of para-hydroxylation sites is 1. The first-order chi connectivity index (χ1) is 20.2. The number of nitrogens with zero attached hydrogens (tertiary/aromatic N) is 2. The molecule has 1 aliphatic carbocycles. The number of halogens is 1. The van der Waals surface area contributed by atoms with Gasteiger partial charge in [-0.05, 0) is 80.8 Å². The van der Waals surface area contributed by atoms with Gasteiger partial charge in [-0.25, -0.2) is 8.42 Å². The van der Waals surface area contributed by atoms with Crippen LogP contribution in [0.15, 0.2) is 83.8 Å². The summed E-state index contributed by atoms with van der Waals surface area (Å²) in [7, 11) is -4.15. The van der Waals surface area contributed by atoms with Crippen molar-refractivity contribution in [1.29, 1.82) is 0 Å². The Morgan fingerprint density at radius 2 is 1.60 bits per heavy atom. The van der Waals surface area contributed by atoms with Crippen molar-refractivity contribution in [2.75, 3.05) is 17.5 Å². The molecule has 1 aliphatic rings. The number of rotatable bonds is 12. The van der Waals surface area contributed by atoms with Crippen molar-refractivity contribution in [2.24, 2.45) is 0 Å². The molecule has 224 valence electrons. The molecule has 8 nitrogen and oxygen atoms in total. The molecule has 1 saturated carbocycles. The van der Waals surface area contributed by atoms with E-state index in [2.05, 4.69) is 5.32 Å². The Morgan fingerprint density at radius 3 is 2.21 bits per heavy atom. The molecule has 0 heterocycles. The SMILES string of the molecule is CCOc1ccc(S(=O)(=O)N(CC(=O)N(Cc2ccc(Cl)cc2)C(C)C(=O)NC2CCCCC2)c2ccccc2)cc1. The maximum absolute atomic E-state index is 14.0. The Kier molecular flexibility index (Phi) is 10.9. The van der Waals surface area contributed by atoms with Crippen LogP contribution in [0.25, 0.3) is 0 Å². The third-order valence-electron chi connectivity index (χ3n) is 7.43. The summed E-state index contributed by atoms with van der Waals surface area (Å²) in [6.07, 6.45) is 5.09. The highest BCUT2D eigenvalue weighted by molar-refractivity contribution is 7.92. The van der Waals surface area contributed by atoms with Gasteiger partial charge in [0.1, 0.15) is 18.3 Å². The van der Waals surface area contributed by atoms with Crippen LogP contribution in [0.3, 0.4) is 0 Å². The lowest BCUT2D eigenvalue weighted by Crippen LogP contribution is -2.53. The Bertz CT molecular complexity index is 1430. The molecule has 4 rings (SSSR count). The lowest BCUT2D eigenvalue weighted by Gasteiger charge is -2.33. The third-order valence-corrected chi connectivity index (χ3v) is 9.47. The quantitative estimate of drug-likeness (QED) is 0.279. The number of carbonyl (C=O) groups excluding carboxylic acids is 2.